The first kappa shape index (κ1) is 13.5. The van der Waals surface area contributed by atoms with E-state index in [9.17, 15) is 14.7 Å². The van der Waals surface area contributed by atoms with Gasteiger partial charge in [0.25, 0.3) is 5.91 Å². The molecule has 3 rings (SSSR count). The molecule has 108 valence electrons. The van der Waals surface area contributed by atoms with Crippen LogP contribution in [0.25, 0.3) is 10.9 Å². The van der Waals surface area contributed by atoms with Crippen molar-refractivity contribution < 1.29 is 19.4 Å². The number of rotatable bonds is 3. The molecule has 21 heavy (non-hydrogen) atoms. The Labute approximate surface area is 120 Å². The summed E-state index contributed by atoms with van der Waals surface area (Å²) in [6, 6.07) is 8.82. The predicted octanol–water partition coefficient (Wildman–Crippen LogP) is 1.21. The number of nitrogens with zero attached hydrogens (tertiary/aromatic N) is 1. The maximum Gasteiger partial charge on any atom is 0.331 e. The van der Waals surface area contributed by atoms with Gasteiger partial charge in [-0.2, -0.15) is 0 Å². The third-order valence-electron chi connectivity index (χ3n) is 3.68. The second kappa shape index (κ2) is 5.14. The minimum atomic E-state index is -1.35. The average Bonchev–Trinajstić information content (AvgIpc) is 2.96. The zero-order valence-corrected chi connectivity index (χ0v) is 11.2. The van der Waals surface area contributed by atoms with Gasteiger partial charge in [0.15, 0.2) is 5.54 Å². The van der Waals surface area contributed by atoms with Crippen molar-refractivity contribution in [1.29, 1.82) is 0 Å². The number of hydrogen-bond donors (Lipinski definition) is 2. The molecule has 2 N–H and O–H groups in total. The highest BCUT2D eigenvalue weighted by Crippen LogP contribution is 2.22. The molecular weight excluding hydrogens is 272 g/mol. The Kier molecular flexibility index (Phi) is 3.31. The molecule has 1 saturated heterocycles. The average molecular weight is 286 g/mol. The van der Waals surface area contributed by atoms with Gasteiger partial charge in [-0.05, 0) is 12.1 Å². The maximum atomic E-state index is 12.5. The largest absolute Gasteiger partial charge is 0.479 e. The van der Waals surface area contributed by atoms with Crippen molar-refractivity contribution in [3.63, 3.8) is 0 Å². The Balaban J connectivity index is 1.96. The van der Waals surface area contributed by atoms with Crippen LogP contribution in [-0.4, -0.2) is 40.7 Å². The summed E-state index contributed by atoms with van der Waals surface area (Å²) in [6.45, 7) is 0.306. The van der Waals surface area contributed by atoms with Crippen LogP contribution >= 0.6 is 0 Å². The van der Waals surface area contributed by atoms with Gasteiger partial charge < -0.3 is 15.2 Å². The van der Waals surface area contributed by atoms with Gasteiger partial charge >= 0.3 is 5.97 Å². The van der Waals surface area contributed by atoms with Crippen LogP contribution in [0.1, 0.15) is 16.8 Å². The van der Waals surface area contributed by atoms with Crippen molar-refractivity contribution >= 4 is 22.8 Å². The first-order chi connectivity index (χ1) is 10.1. The first-order valence-corrected chi connectivity index (χ1v) is 6.60. The van der Waals surface area contributed by atoms with Gasteiger partial charge in [0.2, 0.25) is 0 Å². The Morgan fingerprint density at radius 2 is 2.10 bits per heavy atom. The molecule has 1 aromatic carbocycles. The van der Waals surface area contributed by atoms with Gasteiger partial charge in [0.1, 0.15) is 0 Å². The second-order valence-electron chi connectivity index (χ2n) is 5.02. The lowest BCUT2D eigenvalue weighted by Crippen LogP contribution is -2.55. The minimum Gasteiger partial charge on any atom is -0.479 e. The fourth-order valence-electron chi connectivity index (χ4n) is 2.46. The summed E-state index contributed by atoms with van der Waals surface area (Å²) in [5.74, 6) is -1.51. The number of aliphatic carboxylic acids is 1. The SMILES string of the molecule is O=C(NC1(C(=O)O)CCOC1)c1ccnc2ccccc12. The third-order valence-corrected chi connectivity index (χ3v) is 3.68. The van der Waals surface area contributed by atoms with E-state index in [1.165, 1.54) is 6.20 Å². The van der Waals surface area contributed by atoms with Gasteiger partial charge in [-0.1, -0.05) is 18.2 Å². The Hall–Kier alpha value is -2.47. The standard InChI is InChI=1S/C15H14N2O4/c18-13(17-15(14(19)20)6-8-21-9-15)11-5-7-16-12-4-2-1-3-10(11)12/h1-5,7H,6,8-9H2,(H,17,18)(H,19,20). The fourth-order valence-corrected chi connectivity index (χ4v) is 2.46. The molecule has 1 amide bonds. The topological polar surface area (TPSA) is 88.5 Å². The lowest BCUT2D eigenvalue weighted by molar-refractivity contribution is -0.144. The number of benzene rings is 1. The predicted molar refractivity (Wildman–Crippen MR) is 75.0 cm³/mol. The van der Waals surface area contributed by atoms with E-state index >= 15 is 0 Å². The molecular formula is C15H14N2O4. The number of para-hydroxylation sites is 1. The Morgan fingerprint density at radius 3 is 2.81 bits per heavy atom. The molecule has 1 atom stereocenters. The van der Waals surface area contributed by atoms with Crippen LogP contribution in [0, 0.1) is 0 Å². The van der Waals surface area contributed by atoms with Crippen LogP contribution in [0.4, 0.5) is 0 Å². The van der Waals surface area contributed by atoms with Gasteiger partial charge in [-0.3, -0.25) is 9.78 Å². The smallest absolute Gasteiger partial charge is 0.331 e. The lowest BCUT2D eigenvalue weighted by atomic mass is 9.98. The van der Waals surface area contributed by atoms with Crippen molar-refractivity contribution in [2.45, 2.75) is 12.0 Å². The van der Waals surface area contributed by atoms with E-state index in [2.05, 4.69) is 10.3 Å². The zero-order chi connectivity index (χ0) is 14.9. The van der Waals surface area contributed by atoms with E-state index in [4.69, 9.17) is 4.74 Å². The van der Waals surface area contributed by atoms with Crippen LogP contribution in [-0.2, 0) is 9.53 Å². The fraction of sp³-hybridized carbons (Fsp3) is 0.267. The number of carboxylic acids is 1. The molecule has 1 fully saturated rings. The number of hydrogen-bond acceptors (Lipinski definition) is 4. The molecule has 0 saturated carbocycles. The molecule has 0 radical (unpaired) electrons. The normalized spacial score (nSPS) is 21.3. The molecule has 1 aliphatic heterocycles. The van der Waals surface area contributed by atoms with Crippen molar-refractivity contribution in [2.24, 2.45) is 0 Å². The first-order valence-electron chi connectivity index (χ1n) is 6.60. The summed E-state index contributed by atoms with van der Waals surface area (Å²) in [4.78, 5) is 28.1. The maximum absolute atomic E-state index is 12.5. The van der Waals surface area contributed by atoms with Crippen LogP contribution in [0.3, 0.4) is 0 Å². The van der Waals surface area contributed by atoms with Crippen LogP contribution < -0.4 is 5.32 Å². The summed E-state index contributed by atoms with van der Waals surface area (Å²) in [5, 5.41) is 12.7. The molecule has 0 bridgehead atoms. The van der Waals surface area contributed by atoms with Crippen molar-refractivity contribution in [3.8, 4) is 0 Å². The van der Waals surface area contributed by atoms with Crippen LogP contribution in [0.15, 0.2) is 36.5 Å². The number of nitrogens with one attached hydrogen (secondary N) is 1. The monoisotopic (exact) mass is 286 g/mol. The molecule has 6 nitrogen and oxygen atoms in total. The lowest BCUT2D eigenvalue weighted by Gasteiger charge is -2.23. The second-order valence-corrected chi connectivity index (χ2v) is 5.02. The summed E-state index contributed by atoms with van der Waals surface area (Å²) in [6.07, 6.45) is 1.80. The van der Waals surface area contributed by atoms with Crippen LogP contribution in [0.5, 0.6) is 0 Å². The van der Waals surface area contributed by atoms with E-state index in [1.807, 2.05) is 12.1 Å². The quantitative estimate of drug-likeness (QED) is 0.885. The number of amides is 1. The number of aromatic nitrogens is 1. The summed E-state index contributed by atoms with van der Waals surface area (Å²) in [7, 11) is 0. The Bertz CT molecular complexity index is 702. The number of fused-ring (bicyclic) bond motifs is 1. The van der Waals surface area contributed by atoms with Crippen LogP contribution in [0.2, 0.25) is 0 Å². The number of pyridine rings is 1. The molecule has 2 heterocycles. The Morgan fingerprint density at radius 1 is 1.29 bits per heavy atom. The molecule has 1 aliphatic rings. The van der Waals surface area contributed by atoms with E-state index in [-0.39, 0.29) is 13.0 Å². The number of carbonyl (C=O) groups excluding carboxylic acids is 1. The van der Waals surface area contributed by atoms with E-state index in [0.29, 0.717) is 23.1 Å². The van der Waals surface area contributed by atoms with Gasteiger partial charge in [-0.15, -0.1) is 0 Å². The molecule has 0 spiro atoms. The molecule has 1 aromatic heterocycles. The highest BCUT2D eigenvalue weighted by molar-refractivity contribution is 6.07. The van der Waals surface area contributed by atoms with Gasteiger partial charge in [0.05, 0.1) is 17.7 Å². The summed E-state index contributed by atoms with van der Waals surface area (Å²) < 4.78 is 5.14. The molecule has 1 unspecified atom stereocenters. The molecule has 2 aromatic rings. The van der Waals surface area contributed by atoms with Crippen molar-refractivity contribution in [1.82, 2.24) is 10.3 Å². The number of carboxylic acid groups (broad SMARTS) is 1. The van der Waals surface area contributed by atoms with E-state index in [0.717, 1.165) is 0 Å². The highest BCUT2D eigenvalue weighted by atomic mass is 16.5. The highest BCUT2D eigenvalue weighted by Gasteiger charge is 2.44. The molecule has 6 heteroatoms. The van der Waals surface area contributed by atoms with E-state index in [1.54, 1.807) is 18.2 Å². The van der Waals surface area contributed by atoms with Gasteiger partial charge in [0, 0.05) is 24.6 Å². The van der Waals surface area contributed by atoms with Crippen molar-refractivity contribution in [3.05, 3.63) is 42.1 Å². The van der Waals surface area contributed by atoms with E-state index < -0.39 is 17.4 Å². The van der Waals surface area contributed by atoms with Gasteiger partial charge in [-0.25, -0.2) is 4.79 Å². The molecule has 0 aliphatic carbocycles. The summed E-state index contributed by atoms with van der Waals surface area (Å²) in [5.41, 5.74) is -0.244. The minimum absolute atomic E-state index is 0.0168. The third kappa shape index (κ3) is 2.34. The zero-order valence-electron chi connectivity index (χ0n) is 11.2. The summed E-state index contributed by atoms with van der Waals surface area (Å²) >= 11 is 0. The number of carbonyl (C=O) groups is 2. The number of ether oxygens (including phenoxy) is 1. The van der Waals surface area contributed by atoms with Crippen molar-refractivity contribution in [2.75, 3.05) is 13.2 Å².